The van der Waals surface area contributed by atoms with Crippen LogP contribution in [0.15, 0.2) is 36.4 Å². The molecular weight excluding hydrogens is 198 g/mol. The average molecular weight is 213 g/mol. The average Bonchev–Trinajstić information content (AvgIpc) is 2.82. The molecule has 0 spiro atoms. The third-order valence-corrected chi connectivity index (χ3v) is 3.42. The standard InChI is InChI=1S/C14H15NO/c16-13-6-5-10-3-1-2-4-12(10)14(13)11-7-8-15-9-11/h1-6,11,15-16H,7-9H2. The molecule has 0 aromatic heterocycles. The van der Waals surface area contributed by atoms with E-state index in [9.17, 15) is 5.11 Å². The van der Waals surface area contributed by atoms with E-state index in [1.54, 1.807) is 0 Å². The number of phenolic OH excluding ortho intramolecular Hbond substituents is 1. The zero-order valence-electron chi connectivity index (χ0n) is 9.11. The Morgan fingerprint density at radius 1 is 1.12 bits per heavy atom. The number of rotatable bonds is 1. The number of hydrogen-bond acceptors (Lipinski definition) is 2. The Hall–Kier alpha value is -1.54. The van der Waals surface area contributed by atoms with Crippen molar-refractivity contribution in [3.8, 4) is 5.75 Å². The van der Waals surface area contributed by atoms with Crippen molar-refractivity contribution >= 4 is 10.8 Å². The maximum Gasteiger partial charge on any atom is 0.119 e. The van der Waals surface area contributed by atoms with E-state index in [1.165, 1.54) is 10.8 Å². The van der Waals surface area contributed by atoms with E-state index in [4.69, 9.17) is 0 Å². The highest BCUT2D eigenvalue weighted by molar-refractivity contribution is 5.88. The number of hydrogen-bond donors (Lipinski definition) is 2. The summed E-state index contributed by atoms with van der Waals surface area (Å²) in [6.07, 6.45) is 1.11. The van der Waals surface area contributed by atoms with Gasteiger partial charge in [0.25, 0.3) is 0 Å². The van der Waals surface area contributed by atoms with Gasteiger partial charge in [-0.15, -0.1) is 0 Å². The smallest absolute Gasteiger partial charge is 0.119 e. The highest BCUT2D eigenvalue weighted by Gasteiger charge is 2.21. The molecule has 16 heavy (non-hydrogen) atoms. The molecule has 0 aliphatic carbocycles. The third kappa shape index (κ3) is 1.46. The number of phenols is 1. The topological polar surface area (TPSA) is 32.3 Å². The molecule has 0 bridgehead atoms. The lowest BCUT2D eigenvalue weighted by Gasteiger charge is -2.14. The van der Waals surface area contributed by atoms with E-state index in [0.717, 1.165) is 25.1 Å². The minimum Gasteiger partial charge on any atom is -0.508 e. The Balaban J connectivity index is 2.23. The van der Waals surface area contributed by atoms with Gasteiger partial charge in [-0.2, -0.15) is 0 Å². The van der Waals surface area contributed by atoms with E-state index in [0.29, 0.717) is 11.7 Å². The van der Waals surface area contributed by atoms with Crippen molar-refractivity contribution in [1.82, 2.24) is 5.32 Å². The third-order valence-electron chi connectivity index (χ3n) is 3.42. The number of aromatic hydroxyl groups is 1. The lowest BCUT2D eigenvalue weighted by Crippen LogP contribution is -2.08. The Morgan fingerprint density at radius 3 is 2.81 bits per heavy atom. The van der Waals surface area contributed by atoms with Crippen LogP contribution in [0.3, 0.4) is 0 Å². The predicted molar refractivity (Wildman–Crippen MR) is 65.8 cm³/mol. The maximum atomic E-state index is 10.0. The Bertz CT molecular complexity index is 515. The van der Waals surface area contributed by atoms with Crippen molar-refractivity contribution in [2.45, 2.75) is 12.3 Å². The first-order valence-corrected chi connectivity index (χ1v) is 5.77. The molecule has 0 radical (unpaired) electrons. The van der Waals surface area contributed by atoms with Gasteiger partial charge in [-0.3, -0.25) is 0 Å². The van der Waals surface area contributed by atoms with Crippen LogP contribution in [-0.4, -0.2) is 18.2 Å². The van der Waals surface area contributed by atoms with Crippen LogP contribution in [0.5, 0.6) is 5.75 Å². The molecule has 1 unspecified atom stereocenters. The second kappa shape index (κ2) is 3.80. The van der Waals surface area contributed by atoms with Gasteiger partial charge in [0.05, 0.1) is 0 Å². The first kappa shape index (κ1) is 9.67. The largest absolute Gasteiger partial charge is 0.508 e. The molecule has 1 heterocycles. The second-order valence-corrected chi connectivity index (χ2v) is 4.41. The van der Waals surface area contributed by atoms with Gasteiger partial charge in [0.2, 0.25) is 0 Å². The normalized spacial score (nSPS) is 20.4. The highest BCUT2D eigenvalue weighted by atomic mass is 16.3. The minimum absolute atomic E-state index is 0.437. The molecule has 2 aromatic carbocycles. The monoisotopic (exact) mass is 213 g/mol. The molecule has 2 N–H and O–H groups in total. The van der Waals surface area contributed by atoms with E-state index in [1.807, 2.05) is 24.3 Å². The minimum atomic E-state index is 0.437. The van der Waals surface area contributed by atoms with Crippen molar-refractivity contribution in [2.75, 3.05) is 13.1 Å². The SMILES string of the molecule is Oc1ccc2ccccc2c1C1CCNC1. The van der Waals surface area contributed by atoms with Gasteiger partial charge in [0.15, 0.2) is 0 Å². The Kier molecular flexibility index (Phi) is 2.29. The van der Waals surface area contributed by atoms with Crippen molar-refractivity contribution < 1.29 is 5.11 Å². The molecule has 0 amide bonds. The zero-order chi connectivity index (χ0) is 11.0. The van der Waals surface area contributed by atoms with Gasteiger partial charge < -0.3 is 10.4 Å². The number of fused-ring (bicyclic) bond motifs is 1. The quantitative estimate of drug-likeness (QED) is 0.763. The zero-order valence-corrected chi connectivity index (χ0v) is 9.11. The van der Waals surface area contributed by atoms with E-state index in [2.05, 4.69) is 17.4 Å². The number of benzene rings is 2. The molecule has 1 aliphatic rings. The molecule has 0 saturated carbocycles. The lowest BCUT2D eigenvalue weighted by atomic mass is 9.92. The molecule has 82 valence electrons. The van der Waals surface area contributed by atoms with Crippen LogP contribution in [0.25, 0.3) is 10.8 Å². The van der Waals surface area contributed by atoms with E-state index >= 15 is 0 Å². The van der Waals surface area contributed by atoms with Gasteiger partial charge in [-0.25, -0.2) is 0 Å². The summed E-state index contributed by atoms with van der Waals surface area (Å²) in [5.41, 5.74) is 1.11. The predicted octanol–water partition coefficient (Wildman–Crippen LogP) is 2.62. The molecular formula is C14H15NO. The molecule has 3 rings (SSSR count). The van der Waals surface area contributed by atoms with Crippen LogP contribution >= 0.6 is 0 Å². The van der Waals surface area contributed by atoms with Crippen molar-refractivity contribution in [3.05, 3.63) is 42.0 Å². The van der Waals surface area contributed by atoms with E-state index in [-0.39, 0.29) is 0 Å². The van der Waals surface area contributed by atoms with Crippen LogP contribution in [-0.2, 0) is 0 Å². The van der Waals surface area contributed by atoms with Crippen LogP contribution in [0, 0.1) is 0 Å². The van der Waals surface area contributed by atoms with Gasteiger partial charge in [0.1, 0.15) is 5.75 Å². The summed E-state index contributed by atoms with van der Waals surface area (Å²) < 4.78 is 0. The first-order chi connectivity index (χ1) is 7.86. The van der Waals surface area contributed by atoms with Crippen LogP contribution in [0.4, 0.5) is 0 Å². The Labute approximate surface area is 94.9 Å². The van der Waals surface area contributed by atoms with Gasteiger partial charge in [-0.05, 0) is 29.8 Å². The molecule has 2 nitrogen and oxygen atoms in total. The highest BCUT2D eigenvalue weighted by Crippen LogP contribution is 2.36. The molecule has 2 aromatic rings. The fraction of sp³-hybridized carbons (Fsp3) is 0.286. The van der Waals surface area contributed by atoms with Gasteiger partial charge in [0, 0.05) is 18.0 Å². The summed E-state index contributed by atoms with van der Waals surface area (Å²) in [5.74, 6) is 0.887. The van der Waals surface area contributed by atoms with Crippen LogP contribution in [0.1, 0.15) is 17.9 Å². The fourth-order valence-corrected chi connectivity index (χ4v) is 2.61. The molecule has 1 atom stereocenters. The van der Waals surface area contributed by atoms with Crippen LogP contribution < -0.4 is 5.32 Å². The van der Waals surface area contributed by atoms with Gasteiger partial charge in [-0.1, -0.05) is 30.3 Å². The first-order valence-electron chi connectivity index (χ1n) is 5.77. The maximum absolute atomic E-state index is 10.0. The number of nitrogens with one attached hydrogen (secondary N) is 1. The fourth-order valence-electron chi connectivity index (χ4n) is 2.61. The molecule has 1 saturated heterocycles. The van der Waals surface area contributed by atoms with Crippen molar-refractivity contribution in [3.63, 3.8) is 0 Å². The summed E-state index contributed by atoms with van der Waals surface area (Å²) >= 11 is 0. The summed E-state index contributed by atoms with van der Waals surface area (Å²) in [4.78, 5) is 0. The summed E-state index contributed by atoms with van der Waals surface area (Å²) in [7, 11) is 0. The molecule has 1 aliphatic heterocycles. The molecule has 2 heteroatoms. The van der Waals surface area contributed by atoms with E-state index < -0.39 is 0 Å². The summed E-state index contributed by atoms with van der Waals surface area (Å²) in [6.45, 7) is 2.02. The van der Waals surface area contributed by atoms with Crippen molar-refractivity contribution in [1.29, 1.82) is 0 Å². The van der Waals surface area contributed by atoms with Gasteiger partial charge >= 0.3 is 0 Å². The molecule has 1 fully saturated rings. The lowest BCUT2D eigenvalue weighted by molar-refractivity contribution is 0.464. The van der Waals surface area contributed by atoms with Crippen LogP contribution in [0.2, 0.25) is 0 Å². The second-order valence-electron chi connectivity index (χ2n) is 4.41. The summed E-state index contributed by atoms with van der Waals surface area (Å²) in [6, 6.07) is 12.1. The van der Waals surface area contributed by atoms with Crippen molar-refractivity contribution in [2.24, 2.45) is 0 Å². The summed E-state index contributed by atoms with van der Waals surface area (Å²) in [5, 5.41) is 15.8. The Morgan fingerprint density at radius 2 is 2.00 bits per heavy atom.